The minimum Gasteiger partial charge on any atom is -0.492 e. The van der Waals surface area contributed by atoms with E-state index in [4.69, 9.17) is 4.74 Å². The predicted molar refractivity (Wildman–Crippen MR) is 107 cm³/mol. The van der Waals surface area contributed by atoms with Crippen molar-refractivity contribution in [1.82, 2.24) is 10.2 Å². The lowest BCUT2D eigenvalue weighted by atomic mass is 10.2. The quantitative estimate of drug-likeness (QED) is 0.586. The van der Waals surface area contributed by atoms with Gasteiger partial charge in [-0.25, -0.2) is 0 Å². The molecule has 0 spiro atoms. The molecule has 0 unspecified atom stereocenters. The molecule has 134 valence electrons. The smallest absolute Gasteiger partial charge is 0.257 e. The van der Waals surface area contributed by atoms with Gasteiger partial charge in [-0.05, 0) is 46.1 Å². The first-order valence-corrected chi connectivity index (χ1v) is 9.86. The van der Waals surface area contributed by atoms with Crippen LogP contribution in [0.25, 0.3) is 0 Å². The molecule has 1 amide bonds. The first-order valence-electron chi connectivity index (χ1n) is 8.25. The molecule has 0 radical (unpaired) electrons. The van der Waals surface area contributed by atoms with E-state index in [1.54, 1.807) is 18.2 Å². The molecule has 0 atom stereocenters. The van der Waals surface area contributed by atoms with Crippen molar-refractivity contribution >= 4 is 38.3 Å². The summed E-state index contributed by atoms with van der Waals surface area (Å²) in [5, 5.41) is 12.1. The topological polar surface area (TPSA) is 64.1 Å². The van der Waals surface area contributed by atoms with Gasteiger partial charge < -0.3 is 4.74 Å². The molecule has 7 heteroatoms. The number of hydrogen-bond acceptors (Lipinski definition) is 5. The molecule has 3 aromatic rings. The monoisotopic (exact) mass is 431 g/mol. The van der Waals surface area contributed by atoms with Crippen LogP contribution in [0, 0.1) is 0 Å². The van der Waals surface area contributed by atoms with Crippen LogP contribution in [-0.4, -0.2) is 22.7 Å². The molecule has 2 aromatic carbocycles. The largest absolute Gasteiger partial charge is 0.492 e. The fourth-order valence-corrected chi connectivity index (χ4v) is 3.47. The molecular formula is C19H18BrN3O2S. The van der Waals surface area contributed by atoms with Gasteiger partial charge in [0, 0.05) is 12.0 Å². The Balaban J connectivity index is 1.58. The van der Waals surface area contributed by atoms with E-state index in [2.05, 4.69) is 43.6 Å². The summed E-state index contributed by atoms with van der Waals surface area (Å²) >= 11 is 4.85. The number of benzene rings is 2. The maximum atomic E-state index is 12.3. The summed E-state index contributed by atoms with van der Waals surface area (Å²) in [5.41, 5.74) is 1.75. The van der Waals surface area contributed by atoms with E-state index in [1.165, 1.54) is 16.9 Å². The number of carbonyl (C=O) groups is 1. The molecule has 1 aromatic heterocycles. The number of nitrogens with zero attached hydrogens (tertiary/aromatic N) is 2. The van der Waals surface area contributed by atoms with E-state index in [0.717, 1.165) is 22.3 Å². The van der Waals surface area contributed by atoms with Crippen LogP contribution in [0.1, 0.15) is 27.9 Å². The van der Waals surface area contributed by atoms with E-state index in [9.17, 15) is 4.79 Å². The molecule has 0 aliphatic heterocycles. The molecule has 0 aliphatic rings. The Labute approximate surface area is 164 Å². The normalized spacial score (nSPS) is 10.5. The molecule has 0 saturated carbocycles. The number of hydrogen-bond donors (Lipinski definition) is 1. The highest BCUT2D eigenvalue weighted by Crippen LogP contribution is 2.27. The van der Waals surface area contributed by atoms with E-state index in [1.807, 2.05) is 25.1 Å². The Morgan fingerprint density at radius 2 is 2.00 bits per heavy atom. The number of carbonyl (C=O) groups excluding carboxylic acids is 1. The molecule has 26 heavy (non-hydrogen) atoms. The number of aromatic nitrogens is 2. The maximum absolute atomic E-state index is 12.3. The summed E-state index contributed by atoms with van der Waals surface area (Å²) in [6.07, 6.45) is 1.63. The van der Waals surface area contributed by atoms with Crippen molar-refractivity contribution in [3.8, 4) is 5.75 Å². The third kappa shape index (κ3) is 4.89. The van der Waals surface area contributed by atoms with Gasteiger partial charge in [-0.3, -0.25) is 10.1 Å². The van der Waals surface area contributed by atoms with Gasteiger partial charge in [-0.15, -0.1) is 10.2 Å². The molecule has 1 heterocycles. The van der Waals surface area contributed by atoms with Crippen LogP contribution in [0.4, 0.5) is 5.13 Å². The summed E-state index contributed by atoms with van der Waals surface area (Å²) in [4.78, 5) is 12.3. The van der Waals surface area contributed by atoms with Gasteiger partial charge in [-0.2, -0.15) is 0 Å². The third-order valence-corrected chi connectivity index (χ3v) is 5.28. The first-order chi connectivity index (χ1) is 12.7. The summed E-state index contributed by atoms with van der Waals surface area (Å²) in [5.74, 6) is 0.488. The standard InChI is InChI=1S/C19H18BrN3O2S/c1-2-17-22-23-19(26-17)21-18(24)14-8-9-16(15(20)12-14)25-11-10-13-6-4-3-5-7-13/h3-9,12H,2,10-11H2,1H3,(H,21,23,24). The lowest BCUT2D eigenvalue weighted by molar-refractivity contribution is 0.102. The van der Waals surface area contributed by atoms with Crippen LogP contribution >= 0.6 is 27.3 Å². The Morgan fingerprint density at radius 1 is 1.19 bits per heavy atom. The summed E-state index contributed by atoms with van der Waals surface area (Å²) in [6, 6.07) is 15.4. The fourth-order valence-electron chi connectivity index (χ4n) is 2.30. The van der Waals surface area contributed by atoms with Gasteiger partial charge in [0.2, 0.25) is 5.13 Å². The minimum absolute atomic E-state index is 0.222. The lowest BCUT2D eigenvalue weighted by Gasteiger charge is -2.10. The second-order valence-corrected chi connectivity index (χ2v) is 7.45. The van der Waals surface area contributed by atoms with Crippen molar-refractivity contribution in [2.24, 2.45) is 0 Å². The highest BCUT2D eigenvalue weighted by molar-refractivity contribution is 9.10. The number of anilines is 1. The van der Waals surface area contributed by atoms with Crippen LogP contribution in [0.2, 0.25) is 0 Å². The Morgan fingerprint density at radius 3 is 2.69 bits per heavy atom. The van der Waals surface area contributed by atoms with Gasteiger partial charge >= 0.3 is 0 Å². The van der Waals surface area contributed by atoms with Gasteiger partial charge in [0.25, 0.3) is 5.91 Å². The van der Waals surface area contributed by atoms with Crippen LogP contribution in [0.5, 0.6) is 5.75 Å². The minimum atomic E-state index is -0.222. The second kappa shape index (κ2) is 8.91. The van der Waals surface area contributed by atoms with Gasteiger partial charge in [0.05, 0.1) is 11.1 Å². The highest BCUT2D eigenvalue weighted by atomic mass is 79.9. The summed E-state index contributed by atoms with van der Waals surface area (Å²) in [7, 11) is 0. The predicted octanol–water partition coefficient (Wildman–Crippen LogP) is 4.74. The number of nitrogens with one attached hydrogen (secondary N) is 1. The van der Waals surface area contributed by atoms with E-state index in [0.29, 0.717) is 23.1 Å². The maximum Gasteiger partial charge on any atom is 0.257 e. The second-order valence-electron chi connectivity index (χ2n) is 5.54. The zero-order valence-corrected chi connectivity index (χ0v) is 16.6. The van der Waals surface area contributed by atoms with E-state index in [-0.39, 0.29) is 5.91 Å². The van der Waals surface area contributed by atoms with Gasteiger partial charge in [-0.1, -0.05) is 48.6 Å². The number of aryl methyl sites for hydroxylation is 1. The summed E-state index contributed by atoms with van der Waals surface area (Å²) < 4.78 is 6.55. The lowest BCUT2D eigenvalue weighted by Crippen LogP contribution is -2.12. The molecule has 0 bridgehead atoms. The third-order valence-electron chi connectivity index (χ3n) is 3.67. The molecule has 1 N–H and O–H groups in total. The number of rotatable bonds is 7. The number of amides is 1. The van der Waals surface area contributed by atoms with E-state index >= 15 is 0 Å². The van der Waals surface area contributed by atoms with Gasteiger partial charge in [0.1, 0.15) is 10.8 Å². The van der Waals surface area contributed by atoms with Crippen molar-refractivity contribution in [1.29, 1.82) is 0 Å². The van der Waals surface area contributed by atoms with Crippen molar-refractivity contribution in [2.45, 2.75) is 19.8 Å². The average molecular weight is 432 g/mol. The van der Waals surface area contributed by atoms with Crippen LogP contribution in [-0.2, 0) is 12.8 Å². The molecule has 0 saturated heterocycles. The number of halogens is 1. The zero-order valence-electron chi connectivity index (χ0n) is 14.2. The van der Waals surface area contributed by atoms with Crippen LogP contribution in [0.15, 0.2) is 53.0 Å². The number of ether oxygens (including phenoxy) is 1. The summed E-state index contributed by atoms with van der Waals surface area (Å²) in [6.45, 7) is 2.57. The molecule has 0 fully saturated rings. The molecule has 0 aliphatic carbocycles. The van der Waals surface area contributed by atoms with Crippen LogP contribution < -0.4 is 10.1 Å². The van der Waals surface area contributed by atoms with Crippen LogP contribution in [0.3, 0.4) is 0 Å². The zero-order chi connectivity index (χ0) is 18.4. The molecular weight excluding hydrogens is 414 g/mol. The fraction of sp³-hybridized carbons (Fsp3) is 0.211. The van der Waals surface area contributed by atoms with Crippen molar-refractivity contribution in [3.05, 3.63) is 69.1 Å². The molecule has 3 rings (SSSR count). The Bertz CT molecular complexity index is 884. The van der Waals surface area contributed by atoms with Crippen molar-refractivity contribution < 1.29 is 9.53 Å². The SMILES string of the molecule is CCc1nnc(NC(=O)c2ccc(OCCc3ccccc3)c(Br)c2)s1. The Hall–Kier alpha value is -2.25. The first kappa shape index (κ1) is 18.5. The van der Waals surface area contributed by atoms with E-state index < -0.39 is 0 Å². The van der Waals surface area contributed by atoms with Gasteiger partial charge in [0.15, 0.2) is 0 Å². The molecule has 5 nitrogen and oxygen atoms in total. The Kier molecular flexibility index (Phi) is 6.35. The average Bonchev–Trinajstić information content (AvgIpc) is 3.11. The highest BCUT2D eigenvalue weighted by Gasteiger charge is 2.12. The van der Waals surface area contributed by atoms with Crippen molar-refractivity contribution in [3.63, 3.8) is 0 Å². The van der Waals surface area contributed by atoms with Crippen molar-refractivity contribution in [2.75, 3.05) is 11.9 Å².